The van der Waals surface area contributed by atoms with Crippen molar-refractivity contribution in [2.75, 3.05) is 0 Å². The minimum Gasteiger partial charge on any atom is -0.451 e. The van der Waals surface area contributed by atoms with Gasteiger partial charge in [-0.05, 0) is 25.1 Å². The second-order valence-corrected chi connectivity index (χ2v) is 3.71. The Morgan fingerprint density at radius 2 is 2.43 bits per heavy atom. The third-order valence-electron chi connectivity index (χ3n) is 2.28. The van der Waals surface area contributed by atoms with E-state index in [1.807, 2.05) is 4.57 Å². The van der Waals surface area contributed by atoms with Crippen LogP contribution in [0, 0.1) is 4.77 Å². The molecule has 1 N–H and O–H groups in total. The van der Waals surface area contributed by atoms with Gasteiger partial charge in [0.15, 0.2) is 17.0 Å². The van der Waals surface area contributed by atoms with Gasteiger partial charge >= 0.3 is 0 Å². The van der Waals surface area contributed by atoms with Crippen LogP contribution in [-0.4, -0.2) is 19.7 Å². The second-order valence-electron chi connectivity index (χ2n) is 3.33. The molecule has 0 unspecified atom stereocenters. The van der Waals surface area contributed by atoms with E-state index in [0.29, 0.717) is 10.8 Å². The maximum absolute atomic E-state index is 5.15. The van der Waals surface area contributed by atoms with E-state index < -0.39 is 0 Å². The Labute approximate surface area is 84.8 Å². The predicted octanol–water partition coefficient (Wildman–Crippen LogP) is 1.93. The van der Waals surface area contributed by atoms with Crippen molar-refractivity contribution in [1.29, 1.82) is 0 Å². The highest BCUT2D eigenvalue weighted by atomic mass is 32.1. The molecule has 0 radical (unpaired) electrons. The largest absolute Gasteiger partial charge is 0.451 e. The molecule has 2 aromatic heterocycles. The Kier molecular flexibility index (Phi) is 1.57. The molecule has 0 atom stereocenters. The molecule has 3 rings (SSSR count). The highest BCUT2D eigenvalue weighted by molar-refractivity contribution is 7.71. The summed E-state index contributed by atoms with van der Waals surface area (Å²) in [4.78, 5) is 4.05. The average Bonchev–Trinajstić information content (AvgIpc) is 2.75. The second kappa shape index (κ2) is 2.78. The minimum atomic E-state index is 0.493. The van der Waals surface area contributed by atoms with Gasteiger partial charge in [0.1, 0.15) is 12.0 Å². The smallest absolute Gasteiger partial charge is 0.195 e. The molecule has 0 aliphatic heterocycles. The molecule has 2 heterocycles. The number of oxazole rings is 1. The zero-order chi connectivity index (χ0) is 9.54. The van der Waals surface area contributed by atoms with E-state index >= 15 is 0 Å². The summed E-state index contributed by atoms with van der Waals surface area (Å²) in [6.07, 6.45) is 5.30. The molecule has 0 saturated heterocycles. The molecule has 1 aliphatic carbocycles. The Balaban J connectivity index is 2.18. The Hall–Kier alpha value is -1.43. The van der Waals surface area contributed by atoms with Gasteiger partial charge in [-0.15, -0.1) is 0 Å². The van der Waals surface area contributed by atoms with Crippen molar-refractivity contribution in [2.24, 2.45) is 0 Å². The molecule has 0 aromatic carbocycles. The van der Waals surface area contributed by atoms with E-state index in [0.717, 1.165) is 11.5 Å². The van der Waals surface area contributed by atoms with E-state index in [-0.39, 0.29) is 0 Å². The summed E-state index contributed by atoms with van der Waals surface area (Å²) >= 11 is 5.15. The standard InChI is InChI=1S/C8H8N4OS/c14-8-11-10-7(6-3-13-4-9-6)12(8)5-1-2-5/h3-5H,1-2H2,(H,11,14). The summed E-state index contributed by atoms with van der Waals surface area (Å²) in [5, 5.41) is 6.92. The van der Waals surface area contributed by atoms with Crippen LogP contribution in [0.25, 0.3) is 11.5 Å². The van der Waals surface area contributed by atoms with Crippen molar-refractivity contribution in [1.82, 2.24) is 19.7 Å². The first kappa shape index (κ1) is 7.93. The lowest BCUT2D eigenvalue weighted by molar-refractivity contribution is 0.558. The quantitative estimate of drug-likeness (QED) is 0.766. The number of aromatic amines is 1. The first-order chi connectivity index (χ1) is 6.86. The van der Waals surface area contributed by atoms with Crippen molar-refractivity contribution in [2.45, 2.75) is 18.9 Å². The molecule has 0 spiro atoms. The Morgan fingerprint density at radius 1 is 1.57 bits per heavy atom. The summed E-state index contributed by atoms with van der Waals surface area (Å²) in [7, 11) is 0. The summed E-state index contributed by atoms with van der Waals surface area (Å²) in [6.45, 7) is 0. The van der Waals surface area contributed by atoms with Gasteiger partial charge in [0.2, 0.25) is 0 Å². The van der Waals surface area contributed by atoms with Crippen LogP contribution in [-0.2, 0) is 0 Å². The molecule has 0 amide bonds. The fourth-order valence-corrected chi connectivity index (χ4v) is 1.76. The zero-order valence-electron chi connectivity index (χ0n) is 7.30. The number of nitrogens with zero attached hydrogens (tertiary/aromatic N) is 3. The van der Waals surface area contributed by atoms with Crippen molar-refractivity contribution in [3.63, 3.8) is 0 Å². The number of hydrogen-bond acceptors (Lipinski definition) is 4. The van der Waals surface area contributed by atoms with Gasteiger partial charge in [0.25, 0.3) is 0 Å². The highest BCUT2D eigenvalue weighted by Gasteiger charge is 2.28. The van der Waals surface area contributed by atoms with Gasteiger partial charge < -0.3 is 4.42 Å². The average molecular weight is 208 g/mol. The number of hydrogen-bond donors (Lipinski definition) is 1. The van der Waals surface area contributed by atoms with Crippen LogP contribution in [0.5, 0.6) is 0 Å². The molecule has 14 heavy (non-hydrogen) atoms. The van der Waals surface area contributed by atoms with Gasteiger partial charge in [0.05, 0.1) is 0 Å². The molecule has 0 bridgehead atoms. The van der Waals surface area contributed by atoms with Crippen molar-refractivity contribution >= 4 is 12.2 Å². The molecule has 1 fully saturated rings. The predicted molar refractivity (Wildman–Crippen MR) is 51.2 cm³/mol. The molecule has 5 nitrogen and oxygen atoms in total. The lowest BCUT2D eigenvalue weighted by Gasteiger charge is -2.00. The van der Waals surface area contributed by atoms with E-state index in [1.54, 1.807) is 6.26 Å². The van der Waals surface area contributed by atoms with Crippen LogP contribution < -0.4 is 0 Å². The third kappa shape index (κ3) is 1.11. The van der Waals surface area contributed by atoms with Gasteiger partial charge in [-0.2, -0.15) is 5.10 Å². The summed E-state index contributed by atoms with van der Waals surface area (Å²) < 4.78 is 7.59. The highest BCUT2D eigenvalue weighted by Crippen LogP contribution is 2.37. The van der Waals surface area contributed by atoms with Crippen molar-refractivity contribution < 1.29 is 4.42 Å². The molecule has 72 valence electrons. The minimum absolute atomic E-state index is 0.493. The van der Waals surface area contributed by atoms with Crippen LogP contribution >= 0.6 is 12.2 Å². The first-order valence-corrected chi connectivity index (χ1v) is 4.82. The summed E-state index contributed by atoms with van der Waals surface area (Å²) in [6, 6.07) is 0.493. The monoisotopic (exact) mass is 208 g/mol. The number of rotatable bonds is 2. The first-order valence-electron chi connectivity index (χ1n) is 4.42. The Bertz CT molecular complexity index is 494. The summed E-state index contributed by atoms with van der Waals surface area (Å²) in [5.41, 5.74) is 0.726. The van der Waals surface area contributed by atoms with E-state index in [2.05, 4.69) is 15.2 Å². The Morgan fingerprint density at radius 3 is 3.07 bits per heavy atom. The van der Waals surface area contributed by atoms with E-state index in [9.17, 15) is 0 Å². The topological polar surface area (TPSA) is 59.6 Å². The van der Waals surface area contributed by atoms with Crippen LogP contribution in [0.3, 0.4) is 0 Å². The number of nitrogens with one attached hydrogen (secondary N) is 1. The number of aromatic nitrogens is 4. The van der Waals surface area contributed by atoms with Crippen LogP contribution in [0.1, 0.15) is 18.9 Å². The lowest BCUT2D eigenvalue weighted by atomic mass is 10.4. The summed E-state index contributed by atoms with van der Waals surface area (Å²) in [5.74, 6) is 0.770. The zero-order valence-corrected chi connectivity index (χ0v) is 8.12. The SMILES string of the molecule is S=c1[nH]nc(-c2cocn2)n1C1CC1. The molecule has 6 heteroatoms. The maximum atomic E-state index is 5.15. The van der Waals surface area contributed by atoms with Gasteiger partial charge in [-0.25, -0.2) is 4.98 Å². The normalized spacial score (nSPS) is 16.0. The molecule has 2 aromatic rings. The lowest BCUT2D eigenvalue weighted by Crippen LogP contribution is -1.97. The van der Waals surface area contributed by atoms with Gasteiger partial charge in [0, 0.05) is 6.04 Å². The van der Waals surface area contributed by atoms with Crippen LogP contribution in [0.4, 0.5) is 0 Å². The maximum Gasteiger partial charge on any atom is 0.195 e. The van der Waals surface area contributed by atoms with Gasteiger partial charge in [-0.3, -0.25) is 9.67 Å². The van der Waals surface area contributed by atoms with E-state index in [1.165, 1.54) is 19.2 Å². The van der Waals surface area contributed by atoms with Crippen LogP contribution in [0.15, 0.2) is 17.1 Å². The third-order valence-corrected chi connectivity index (χ3v) is 2.57. The fraction of sp³-hybridized carbons (Fsp3) is 0.375. The van der Waals surface area contributed by atoms with Crippen molar-refractivity contribution in [3.05, 3.63) is 17.4 Å². The van der Waals surface area contributed by atoms with Crippen molar-refractivity contribution in [3.8, 4) is 11.5 Å². The fourth-order valence-electron chi connectivity index (χ4n) is 1.48. The molecular formula is C8H8N4OS. The molecule has 1 aliphatic rings. The molecular weight excluding hydrogens is 200 g/mol. The number of H-pyrrole nitrogens is 1. The molecule has 1 saturated carbocycles. The van der Waals surface area contributed by atoms with E-state index in [4.69, 9.17) is 16.6 Å². The van der Waals surface area contributed by atoms with Crippen LogP contribution in [0.2, 0.25) is 0 Å². The van der Waals surface area contributed by atoms with Gasteiger partial charge in [-0.1, -0.05) is 0 Å².